The van der Waals surface area contributed by atoms with Crippen molar-refractivity contribution in [3.05, 3.63) is 89.7 Å². The van der Waals surface area contributed by atoms with E-state index in [1.165, 1.54) is 35.1 Å². The zero-order chi connectivity index (χ0) is 16.6. The number of pyridine rings is 1. The Morgan fingerprint density at radius 1 is 0.875 bits per heavy atom. The first-order valence-electron chi connectivity index (χ1n) is 8.64. The average Bonchev–Trinajstić information content (AvgIpc) is 2.66. The van der Waals surface area contributed by atoms with E-state index in [-0.39, 0.29) is 0 Å². The molecule has 0 N–H and O–H groups in total. The summed E-state index contributed by atoms with van der Waals surface area (Å²) in [5.41, 5.74) is 6.08. The molecule has 1 heterocycles. The lowest BCUT2D eigenvalue weighted by molar-refractivity contribution is 0.793. The van der Waals surface area contributed by atoms with Gasteiger partial charge in [0.15, 0.2) is 0 Å². The Hall–Kier alpha value is -2.67. The van der Waals surface area contributed by atoms with Crippen molar-refractivity contribution < 1.29 is 0 Å². The number of hydrogen-bond acceptors (Lipinski definition) is 1. The number of benzene rings is 2. The van der Waals surface area contributed by atoms with E-state index in [1.54, 1.807) is 0 Å². The number of unbranched alkanes of at least 4 members (excludes halogenated alkanes) is 1. The molecule has 0 aliphatic carbocycles. The third-order valence-corrected chi connectivity index (χ3v) is 4.14. The summed E-state index contributed by atoms with van der Waals surface area (Å²) in [6.07, 6.45) is 9.72. The maximum absolute atomic E-state index is 4.65. The van der Waals surface area contributed by atoms with Crippen LogP contribution in [-0.2, 0) is 6.42 Å². The lowest BCUT2D eigenvalue weighted by Crippen LogP contribution is -1.94. The number of rotatable bonds is 6. The summed E-state index contributed by atoms with van der Waals surface area (Å²) in [6.45, 7) is 2.23. The second-order valence-corrected chi connectivity index (χ2v) is 5.98. The van der Waals surface area contributed by atoms with Crippen LogP contribution in [0.25, 0.3) is 23.3 Å². The molecule has 0 amide bonds. The minimum atomic E-state index is 0.998. The van der Waals surface area contributed by atoms with Gasteiger partial charge in [0, 0.05) is 6.20 Å². The molecule has 1 aromatic heterocycles. The summed E-state index contributed by atoms with van der Waals surface area (Å²) in [6, 6.07) is 23.2. The Morgan fingerprint density at radius 3 is 2.29 bits per heavy atom. The predicted octanol–water partition coefficient (Wildman–Crippen LogP) is 6.26. The van der Waals surface area contributed by atoms with E-state index in [0.717, 1.165) is 12.1 Å². The molecule has 2 aromatic carbocycles. The van der Waals surface area contributed by atoms with Crippen LogP contribution in [0.2, 0.25) is 0 Å². The van der Waals surface area contributed by atoms with Crippen LogP contribution in [-0.4, -0.2) is 4.98 Å². The maximum atomic E-state index is 4.65. The van der Waals surface area contributed by atoms with Gasteiger partial charge in [-0.3, -0.25) is 4.98 Å². The van der Waals surface area contributed by atoms with Gasteiger partial charge in [-0.15, -0.1) is 0 Å². The van der Waals surface area contributed by atoms with Gasteiger partial charge in [-0.25, -0.2) is 0 Å². The van der Waals surface area contributed by atoms with E-state index >= 15 is 0 Å². The third kappa shape index (κ3) is 4.20. The molecule has 0 radical (unpaired) electrons. The van der Waals surface area contributed by atoms with Crippen molar-refractivity contribution in [3.63, 3.8) is 0 Å². The summed E-state index contributed by atoms with van der Waals surface area (Å²) in [4.78, 5) is 4.65. The van der Waals surface area contributed by atoms with Gasteiger partial charge < -0.3 is 0 Å². The van der Waals surface area contributed by atoms with Crippen LogP contribution >= 0.6 is 0 Å². The van der Waals surface area contributed by atoms with Gasteiger partial charge in [0.05, 0.1) is 5.69 Å². The van der Waals surface area contributed by atoms with Gasteiger partial charge in [0.2, 0.25) is 0 Å². The Labute approximate surface area is 144 Å². The molecule has 0 aliphatic rings. The number of nitrogens with zero attached hydrogens (tertiary/aromatic N) is 1. The van der Waals surface area contributed by atoms with Crippen LogP contribution in [0, 0.1) is 0 Å². The van der Waals surface area contributed by atoms with Crippen LogP contribution in [0.5, 0.6) is 0 Å². The van der Waals surface area contributed by atoms with Gasteiger partial charge in [0.1, 0.15) is 0 Å². The van der Waals surface area contributed by atoms with E-state index in [4.69, 9.17) is 0 Å². The highest BCUT2D eigenvalue weighted by atomic mass is 14.7. The maximum Gasteiger partial charge on any atom is 0.0636 e. The van der Waals surface area contributed by atoms with E-state index < -0.39 is 0 Å². The van der Waals surface area contributed by atoms with Crippen molar-refractivity contribution in [1.29, 1.82) is 0 Å². The summed E-state index contributed by atoms with van der Waals surface area (Å²) < 4.78 is 0. The monoisotopic (exact) mass is 313 g/mol. The summed E-state index contributed by atoms with van der Waals surface area (Å²) in [7, 11) is 0. The summed E-state index contributed by atoms with van der Waals surface area (Å²) in [5, 5.41) is 0. The lowest BCUT2D eigenvalue weighted by atomic mass is 9.97. The Balaban J connectivity index is 1.93. The van der Waals surface area contributed by atoms with E-state index in [2.05, 4.69) is 84.7 Å². The molecule has 1 heteroatoms. The van der Waals surface area contributed by atoms with Crippen LogP contribution in [0.1, 0.15) is 36.6 Å². The molecule has 1 nitrogen and oxygen atoms in total. The van der Waals surface area contributed by atoms with Crippen LogP contribution in [0.15, 0.2) is 72.9 Å². The van der Waals surface area contributed by atoms with E-state index in [1.807, 2.05) is 12.3 Å². The predicted molar refractivity (Wildman–Crippen MR) is 104 cm³/mol. The van der Waals surface area contributed by atoms with E-state index in [0.29, 0.717) is 0 Å². The van der Waals surface area contributed by atoms with Crippen LogP contribution in [0.4, 0.5) is 0 Å². The van der Waals surface area contributed by atoms with Crippen molar-refractivity contribution in [3.8, 4) is 11.1 Å². The van der Waals surface area contributed by atoms with Gasteiger partial charge in [-0.05, 0) is 47.2 Å². The fourth-order valence-corrected chi connectivity index (χ4v) is 2.79. The molecule has 0 fully saturated rings. The largest absolute Gasteiger partial charge is 0.257 e. The number of aryl methyl sites for hydroxylation is 1. The summed E-state index contributed by atoms with van der Waals surface area (Å²) >= 11 is 0. The van der Waals surface area contributed by atoms with Gasteiger partial charge in [0.25, 0.3) is 0 Å². The third-order valence-electron chi connectivity index (χ3n) is 4.14. The molecule has 0 atom stereocenters. The smallest absolute Gasteiger partial charge is 0.0636 e. The minimum absolute atomic E-state index is 0.998. The summed E-state index contributed by atoms with van der Waals surface area (Å²) in [5.74, 6) is 0. The molecule has 120 valence electrons. The average molecular weight is 313 g/mol. The Kier molecular flexibility index (Phi) is 5.57. The standard InChI is InChI=1S/C23H23N/c1-2-3-12-21-18-24-22(16-15-19-10-6-4-7-11-19)17-23(21)20-13-8-5-9-14-20/h4-11,13-18H,2-3,12H2,1H3/b16-15+. The van der Waals surface area contributed by atoms with Gasteiger partial charge >= 0.3 is 0 Å². The molecular formula is C23H23N. The highest BCUT2D eigenvalue weighted by Gasteiger charge is 2.06. The normalized spacial score (nSPS) is 11.0. The van der Waals surface area contributed by atoms with Crippen molar-refractivity contribution in [1.82, 2.24) is 4.98 Å². The molecule has 0 bridgehead atoms. The first-order valence-corrected chi connectivity index (χ1v) is 8.64. The quantitative estimate of drug-likeness (QED) is 0.523. The van der Waals surface area contributed by atoms with E-state index in [9.17, 15) is 0 Å². The molecule has 0 aliphatic heterocycles. The molecule has 3 aromatic rings. The zero-order valence-corrected chi connectivity index (χ0v) is 14.2. The molecule has 3 rings (SSSR count). The van der Waals surface area contributed by atoms with Crippen molar-refractivity contribution in [2.45, 2.75) is 26.2 Å². The highest BCUT2D eigenvalue weighted by Crippen LogP contribution is 2.26. The Bertz CT molecular complexity index is 789. The number of aromatic nitrogens is 1. The molecule has 0 saturated carbocycles. The zero-order valence-electron chi connectivity index (χ0n) is 14.2. The Morgan fingerprint density at radius 2 is 1.58 bits per heavy atom. The second kappa shape index (κ2) is 8.26. The fourth-order valence-electron chi connectivity index (χ4n) is 2.79. The molecule has 24 heavy (non-hydrogen) atoms. The molecule has 0 unspecified atom stereocenters. The van der Waals surface area contributed by atoms with Crippen LogP contribution < -0.4 is 0 Å². The highest BCUT2D eigenvalue weighted by molar-refractivity contribution is 5.73. The molecule has 0 spiro atoms. The van der Waals surface area contributed by atoms with Crippen molar-refractivity contribution >= 4 is 12.2 Å². The first kappa shape index (κ1) is 16.2. The van der Waals surface area contributed by atoms with Gasteiger partial charge in [-0.2, -0.15) is 0 Å². The van der Waals surface area contributed by atoms with Crippen molar-refractivity contribution in [2.24, 2.45) is 0 Å². The van der Waals surface area contributed by atoms with Crippen molar-refractivity contribution in [2.75, 3.05) is 0 Å². The van der Waals surface area contributed by atoms with Crippen LogP contribution in [0.3, 0.4) is 0 Å². The molecule has 0 saturated heterocycles. The second-order valence-electron chi connectivity index (χ2n) is 5.98. The SMILES string of the molecule is CCCCc1cnc(/C=C/c2ccccc2)cc1-c1ccccc1. The molecular weight excluding hydrogens is 290 g/mol. The lowest BCUT2D eigenvalue weighted by Gasteiger charge is -2.10. The first-order chi connectivity index (χ1) is 11.9. The topological polar surface area (TPSA) is 12.9 Å². The number of hydrogen-bond donors (Lipinski definition) is 0. The van der Waals surface area contributed by atoms with Gasteiger partial charge in [-0.1, -0.05) is 80.1 Å². The minimum Gasteiger partial charge on any atom is -0.257 e. The fraction of sp³-hybridized carbons (Fsp3) is 0.174.